The summed E-state index contributed by atoms with van der Waals surface area (Å²) in [6, 6.07) is 4.13. The van der Waals surface area contributed by atoms with Gasteiger partial charge in [0.25, 0.3) is 5.91 Å². The van der Waals surface area contributed by atoms with Crippen molar-refractivity contribution in [3.8, 4) is 0 Å². The Labute approximate surface area is 149 Å². The van der Waals surface area contributed by atoms with Crippen molar-refractivity contribution in [3.63, 3.8) is 0 Å². The van der Waals surface area contributed by atoms with Gasteiger partial charge in [0.2, 0.25) is 0 Å². The number of halogens is 3. The highest BCUT2D eigenvalue weighted by atomic mass is 32.2. The lowest BCUT2D eigenvalue weighted by Gasteiger charge is -2.32. The van der Waals surface area contributed by atoms with E-state index in [0.717, 1.165) is 28.8 Å². The van der Waals surface area contributed by atoms with Crippen molar-refractivity contribution < 1.29 is 26.4 Å². The molecule has 3 rings (SSSR count). The predicted octanol–water partition coefficient (Wildman–Crippen LogP) is 2.96. The number of carbonyl (C=O) groups is 1. The van der Waals surface area contributed by atoms with Gasteiger partial charge in [0.05, 0.1) is 22.7 Å². The van der Waals surface area contributed by atoms with Gasteiger partial charge in [-0.1, -0.05) is 23.8 Å². The zero-order valence-electron chi connectivity index (χ0n) is 14.1. The van der Waals surface area contributed by atoms with Crippen LogP contribution in [-0.4, -0.2) is 24.8 Å². The molecule has 1 saturated heterocycles. The van der Waals surface area contributed by atoms with Crippen LogP contribution >= 0.6 is 0 Å². The van der Waals surface area contributed by atoms with Crippen molar-refractivity contribution in [1.82, 2.24) is 5.43 Å². The molecule has 2 aliphatic rings. The van der Waals surface area contributed by atoms with E-state index in [4.69, 9.17) is 0 Å². The third-order valence-electron chi connectivity index (χ3n) is 4.89. The first-order chi connectivity index (χ1) is 11.9. The quantitative estimate of drug-likeness (QED) is 0.754. The summed E-state index contributed by atoms with van der Waals surface area (Å²) >= 11 is 0. The zero-order chi connectivity index (χ0) is 19.5. The molecular formula is C17H17F3N2O3S. The number of carbonyl (C=O) groups excluding carboxylic acids is 1. The van der Waals surface area contributed by atoms with Gasteiger partial charge < -0.3 is 0 Å². The van der Waals surface area contributed by atoms with Crippen LogP contribution in [0.25, 0.3) is 0 Å². The van der Waals surface area contributed by atoms with Gasteiger partial charge in [0.15, 0.2) is 14.6 Å². The van der Waals surface area contributed by atoms with Crippen molar-refractivity contribution in [2.24, 2.45) is 0 Å². The number of nitrogens with one attached hydrogen (secondary N) is 1. The van der Waals surface area contributed by atoms with Gasteiger partial charge in [-0.05, 0) is 32.0 Å². The molecule has 2 aliphatic heterocycles. The summed E-state index contributed by atoms with van der Waals surface area (Å²) in [7, 11) is -3.92. The summed E-state index contributed by atoms with van der Waals surface area (Å²) in [5.41, 5.74) is 2.90. The SMILES string of the molecule is C=C1NN(c2cccc(C(F)(F)F)c2)C(=O)[C@]12CC(C)=C(C)CS2(=O)=O. The van der Waals surface area contributed by atoms with Crippen molar-refractivity contribution in [1.29, 1.82) is 0 Å². The maximum atomic E-state index is 13.0. The van der Waals surface area contributed by atoms with E-state index in [1.54, 1.807) is 13.8 Å². The van der Waals surface area contributed by atoms with E-state index in [-0.39, 0.29) is 23.6 Å². The van der Waals surface area contributed by atoms with E-state index in [1.165, 1.54) is 6.07 Å². The van der Waals surface area contributed by atoms with Gasteiger partial charge in [-0.25, -0.2) is 13.4 Å². The highest BCUT2D eigenvalue weighted by molar-refractivity contribution is 7.94. The number of allylic oxidation sites excluding steroid dienone is 1. The highest BCUT2D eigenvalue weighted by Crippen LogP contribution is 2.44. The molecule has 2 heterocycles. The smallest absolute Gasteiger partial charge is 0.294 e. The lowest BCUT2D eigenvalue weighted by Crippen LogP contribution is -2.51. The van der Waals surface area contributed by atoms with Crippen molar-refractivity contribution in [2.45, 2.75) is 31.2 Å². The fourth-order valence-corrected chi connectivity index (χ4v) is 5.54. The van der Waals surface area contributed by atoms with Crippen LogP contribution in [0, 0.1) is 0 Å². The van der Waals surface area contributed by atoms with Crippen LogP contribution < -0.4 is 10.4 Å². The molecule has 9 heteroatoms. The first-order valence-corrected chi connectivity index (χ1v) is 9.41. The van der Waals surface area contributed by atoms with Crippen LogP contribution in [0.5, 0.6) is 0 Å². The van der Waals surface area contributed by atoms with E-state index >= 15 is 0 Å². The molecule has 0 saturated carbocycles. The normalized spacial score (nSPS) is 25.8. The summed E-state index contributed by atoms with van der Waals surface area (Å²) in [4.78, 5) is 13.0. The number of amides is 1. The van der Waals surface area contributed by atoms with Crippen LogP contribution in [0.2, 0.25) is 0 Å². The van der Waals surface area contributed by atoms with Gasteiger partial charge in [-0.3, -0.25) is 10.2 Å². The van der Waals surface area contributed by atoms with Gasteiger partial charge in [0, 0.05) is 6.42 Å². The first-order valence-electron chi connectivity index (χ1n) is 7.75. The lowest BCUT2D eigenvalue weighted by atomic mass is 9.93. The predicted molar refractivity (Wildman–Crippen MR) is 90.7 cm³/mol. The number of hydrogen-bond acceptors (Lipinski definition) is 4. The second-order valence-corrected chi connectivity index (χ2v) is 8.82. The van der Waals surface area contributed by atoms with Crippen LogP contribution in [0.4, 0.5) is 18.9 Å². The Bertz CT molecular complexity index is 950. The van der Waals surface area contributed by atoms with Crippen LogP contribution in [0.3, 0.4) is 0 Å². The fourth-order valence-electron chi connectivity index (χ4n) is 3.26. The summed E-state index contributed by atoms with van der Waals surface area (Å²) in [5.74, 6) is -1.13. The maximum Gasteiger partial charge on any atom is 0.416 e. The molecule has 1 spiro atoms. The molecule has 1 aromatic rings. The largest absolute Gasteiger partial charge is 0.416 e. The Kier molecular flexibility index (Phi) is 3.99. The Morgan fingerprint density at radius 2 is 1.88 bits per heavy atom. The summed E-state index contributed by atoms with van der Waals surface area (Å²) in [6.45, 7) is 7.10. The number of hydrazine groups is 1. The van der Waals surface area contributed by atoms with Crippen molar-refractivity contribution >= 4 is 21.4 Å². The molecule has 5 nitrogen and oxygen atoms in total. The minimum Gasteiger partial charge on any atom is -0.294 e. The number of anilines is 1. The van der Waals surface area contributed by atoms with Crippen molar-refractivity contribution in [3.05, 3.63) is 53.3 Å². The van der Waals surface area contributed by atoms with Gasteiger partial charge in [-0.2, -0.15) is 13.2 Å². The molecular weight excluding hydrogens is 369 g/mol. The van der Waals surface area contributed by atoms with Crippen LogP contribution in [0.1, 0.15) is 25.8 Å². The summed E-state index contributed by atoms with van der Waals surface area (Å²) in [5, 5.41) is 0.836. The zero-order valence-corrected chi connectivity index (χ0v) is 15.0. The van der Waals surface area contributed by atoms with Crippen molar-refractivity contribution in [2.75, 3.05) is 10.8 Å². The lowest BCUT2D eigenvalue weighted by molar-refractivity contribution is -0.137. The van der Waals surface area contributed by atoms with E-state index in [1.807, 2.05) is 0 Å². The number of sulfone groups is 1. The summed E-state index contributed by atoms with van der Waals surface area (Å²) < 4.78 is 62.6. The molecule has 0 aromatic heterocycles. The Morgan fingerprint density at radius 1 is 1.23 bits per heavy atom. The number of hydrogen-bond donors (Lipinski definition) is 1. The monoisotopic (exact) mass is 386 g/mol. The number of nitrogens with zero attached hydrogens (tertiary/aromatic N) is 1. The Morgan fingerprint density at radius 3 is 2.50 bits per heavy atom. The minimum atomic E-state index is -4.58. The molecule has 1 atom stereocenters. The van der Waals surface area contributed by atoms with E-state index < -0.39 is 32.2 Å². The van der Waals surface area contributed by atoms with E-state index in [2.05, 4.69) is 12.0 Å². The third kappa shape index (κ3) is 2.53. The van der Waals surface area contributed by atoms with Crippen LogP contribution in [0.15, 0.2) is 47.7 Å². The maximum absolute atomic E-state index is 13.0. The standard InChI is InChI=1S/C17H17F3N2O3S/c1-10-8-16(26(24,25)9-11(10)2)12(3)21-22(15(16)23)14-6-4-5-13(7-14)17(18,19)20/h4-7,21H,3,8-9H2,1-2H3/t16-/m0/s1. The molecule has 0 aliphatic carbocycles. The van der Waals surface area contributed by atoms with Gasteiger partial charge in [0.1, 0.15) is 0 Å². The fraction of sp³-hybridized carbons (Fsp3) is 0.353. The Balaban J connectivity index is 2.09. The average molecular weight is 386 g/mol. The number of rotatable bonds is 1. The highest BCUT2D eigenvalue weighted by Gasteiger charge is 2.61. The van der Waals surface area contributed by atoms with Gasteiger partial charge in [-0.15, -0.1) is 0 Å². The average Bonchev–Trinajstić information content (AvgIpc) is 2.78. The molecule has 0 radical (unpaired) electrons. The molecule has 0 bridgehead atoms. The second kappa shape index (κ2) is 5.60. The molecule has 1 amide bonds. The van der Waals surface area contributed by atoms with Gasteiger partial charge >= 0.3 is 6.18 Å². The number of alkyl halides is 3. The van der Waals surface area contributed by atoms with E-state index in [9.17, 15) is 26.4 Å². The Hall–Kier alpha value is -2.29. The molecule has 1 fully saturated rings. The molecule has 140 valence electrons. The minimum absolute atomic E-state index is 0.0493. The second-order valence-electron chi connectivity index (χ2n) is 6.60. The molecule has 0 unspecified atom stereocenters. The van der Waals surface area contributed by atoms with Crippen LogP contribution in [-0.2, 0) is 20.8 Å². The number of benzene rings is 1. The molecule has 26 heavy (non-hydrogen) atoms. The topological polar surface area (TPSA) is 66.5 Å². The summed E-state index contributed by atoms with van der Waals surface area (Å²) in [6.07, 6.45) is -4.65. The molecule has 1 aromatic carbocycles. The molecule has 1 N–H and O–H groups in total. The first kappa shape index (κ1) is 18.5. The third-order valence-corrected chi connectivity index (χ3v) is 7.33. The van der Waals surface area contributed by atoms with E-state index in [0.29, 0.717) is 5.57 Å².